The molecule has 0 N–H and O–H groups in total. The van der Waals surface area contributed by atoms with E-state index in [9.17, 15) is 0 Å². The van der Waals surface area contributed by atoms with Gasteiger partial charge in [0.05, 0.1) is 0 Å². The molecule has 248 valence electrons. The van der Waals surface area contributed by atoms with Crippen LogP contribution in [0.25, 0.3) is 23.3 Å². The topological polar surface area (TPSA) is 6.48 Å². The van der Waals surface area contributed by atoms with Crippen molar-refractivity contribution in [3.63, 3.8) is 0 Å². The molecule has 2 nitrogen and oxygen atoms in total. The van der Waals surface area contributed by atoms with Crippen molar-refractivity contribution in [2.75, 3.05) is 9.80 Å². The highest BCUT2D eigenvalue weighted by Crippen LogP contribution is 2.51. The molecule has 7 aromatic rings. The summed E-state index contributed by atoms with van der Waals surface area (Å²) < 4.78 is 0. The summed E-state index contributed by atoms with van der Waals surface area (Å²) in [6.07, 6.45) is 4.46. The van der Waals surface area contributed by atoms with Gasteiger partial charge in [-0.1, -0.05) is 134 Å². The number of anilines is 6. The summed E-state index contributed by atoms with van der Waals surface area (Å²) in [7, 11) is 0. The molecule has 0 bridgehead atoms. The summed E-state index contributed by atoms with van der Waals surface area (Å²) >= 11 is 0. The predicted molar refractivity (Wildman–Crippen MR) is 218 cm³/mol. The Balaban J connectivity index is 1.08. The third kappa shape index (κ3) is 6.26. The van der Waals surface area contributed by atoms with E-state index in [4.69, 9.17) is 0 Å². The predicted octanol–water partition coefficient (Wildman–Crippen LogP) is 13.7. The van der Waals surface area contributed by atoms with Gasteiger partial charge in [0, 0.05) is 39.5 Å². The highest BCUT2D eigenvalue weighted by atomic mass is 15.1. The minimum absolute atomic E-state index is 0.142. The Morgan fingerprint density at radius 1 is 0.373 bits per heavy atom. The van der Waals surface area contributed by atoms with Gasteiger partial charge in [0.2, 0.25) is 0 Å². The fourth-order valence-corrected chi connectivity index (χ4v) is 7.35. The second-order valence-corrected chi connectivity index (χ2v) is 14.1. The van der Waals surface area contributed by atoms with Crippen molar-refractivity contribution in [3.8, 4) is 11.1 Å². The van der Waals surface area contributed by atoms with Crippen LogP contribution in [0.4, 0.5) is 34.1 Å². The van der Waals surface area contributed by atoms with Crippen molar-refractivity contribution >= 4 is 46.3 Å². The third-order valence-electron chi connectivity index (χ3n) is 10.2. The molecule has 51 heavy (non-hydrogen) atoms. The van der Waals surface area contributed by atoms with Crippen LogP contribution in [0.15, 0.2) is 170 Å². The Kier molecular flexibility index (Phi) is 8.37. The number of nitrogens with zero attached hydrogens (tertiary/aromatic N) is 2. The van der Waals surface area contributed by atoms with Crippen molar-refractivity contribution in [2.45, 2.75) is 33.1 Å². The van der Waals surface area contributed by atoms with Gasteiger partial charge < -0.3 is 9.80 Å². The fraction of sp³-hybridized carbons (Fsp3) is 0.102. The van der Waals surface area contributed by atoms with Gasteiger partial charge in [-0.3, -0.25) is 0 Å². The number of hydrogen-bond acceptors (Lipinski definition) is 2. The van der Waals surface area contributed by atoms with Gasteiger partial charge in [0.15, 0.2) is 0 Å². The van der Waals surface area contributed by atoms with E-state index < -0.39 is 0 Å². The van der Waals surface area contributed by atoms with Gasteiger partial charge in [0.25, 0.3) is 0 Å². The second-order valence-electron chi connectivity index (χ2n) is 14.1. The zero-order valence-corrected chi connectivity index (χ0v) is 29.7. The van der Waals surface area contributed by atoms with Gasteiger partial charge in [-0.2, -0.15) is 0 Å². The molecule has 7 aromatic carbocycles. The molecule has 1 aliphatic carbocycles. The van der Waals surface area contributed by atoms with Crippen molar-refractivity contribution < 1.29 is 0 Å². The fourth-order valence-electron chi connectivity index (χ4n) is 7.35. The van der Waals surface area contributed by atoms with E-state index in [-0.39, 0.29) is 5.41 Å². The molecule has 1 aliphatic rings. The molecule has 0 atom stereocenters. The molecule has 0 aliphatic heterocycles. The maximum Gasteiger partial charge on any atom is 0.0465 e. The van der Waals surface area contributed by atoms with Crippen molar-refractivity contribution in [2.24, 2.45) is 0 Å². The van der Waals surface area contributed by atoms with Crippen molar-refractivity contribution in [3.05, 3.63) is 203 Å². The van der Waals surface area contributed by atoms with E-state index in [1.165, 1.54) is 50.2 Å². The number of fused-ring (bicyclic) bond motifs is 3. The normalized spacial score (nSPS) is 12.8. The second kappa shape index (κ2) is 13.3. The summed E-state index contributed by atoms with van der Waals surface area (Å²) in [6.45, 7) is 9.00. The number of hydrogen-bond donors (Lipinski definition) is 0. The lowest BCUT2D eigenvalue weighted by Gasteiger charge is -2.28. The Hall–Kier alpha value is -6.12. The van der Waals surface area contributed by atoms with Crippen LogP contribution < -0.4 is 9.80 Å². The standard InChI is InChI=1S/C49H42N2/c1-35-15-24-41(25-16-35)51(42-26-17-36(2)18-27-42)44-30-32-46-45-31-23-38(33-47(45)49(3,4)48(46)34-44)20-19-37-21-28-43(29-22-37)50(39-11-7-5-8-12-39)40-13-9-6-10-14-40/h5-34H,1-4H3/b20-19+. The quantitative estimate of drug-likeness (QED) is 0.150. The molecule has 2 heteroatoms. The van der Waals surface area contributed by atoms with Crippen LogP contribution in [0.5, 0.6) is 0 Å². The van der Waals surface area contributed by atoms with E-state index in [1.807, 2.05) is 0 Å². The summed E-state index contributed by atoms with van der Waals surface area (Å²) in [4.78, 5) is 4.66. The number of aryl methyl sites for hydroxylation is 2. The lowest BCUT2D eigenvalue weighted by atomic mass is 9.81. The molecule has 0 fully saturated rings. The van der Waals surface area contributed by atoms with Crippen LogP contribution in [0, 0.1) is 13.8 Å². The van der Waals surface area contributed by atoms with Gasteiger partial charge in [-0.25, -0.2) is 0 Å². The van der Waals surface area contributed by atoms with Gasteiger partial charge in [-0.05, 0) is 120 Å². The molecule has 0 radical (unpaired) electrons. The van der Waals surface area contributed by atoms with E-state index in [1.54, 1.807) is 0 Å². The largest absolute Gasteiger partial charge is 0.311 e. The van der Waals surface area contributed by atoms with Crippen molar-refractivity contribution in [1.29, 1.82) is 0 Å². The van der Waals surface area contributed by atoms with Crippen LogP contribution in [-0.4, -0.2) is 0 Å². The Labute approximate surface area is 302 Å². The third-order valence-corrected chi connectivity index (χ3v) is 10.2. The first kappa shape index (κ1) is 32.1. The average molecular weight is 659 g/mol. The summed E-state index contributed by atoms with van der Waals surface area (Å²) in [5, 5.41) is 0. The molecule has 0 saturated carbocycles. The summed E-state index contributed by atoms with van der Waals surface area (Å²) in [6, 6.07) is 61.5. The van der Waals surface area contributed by atoms with E-state index >= 15 is 0 Å². The lowest BCUT2D eigenvalue weighted by molar-refractivity contribution is 0.660. The minimum atomic E-state index is -0.142. The van der Waals surface area contributed by atoms with Crippen LogP contribution >= 0.6 is 0 Å². The van der Waals surface area contributed by atoms with Gasteiger partial charge in [0.1, 0.15) is 0 Å². The maximum absolute atomic E-state index is 2.40. The smallest absolute Gasteiger partial charge is 0.0465 e. The first-order valence-corrected chi connectivity index (χ1v) is 17.8. The van der Waals surface area contributed by atoms with E-state index in [2.05, 4.69) is 220 Å². The van der Waals surface area contributed by atoms with E-state index in [0.29, 0.717) is 0 Å². The monoisotopic (exact) mass is 658 g/mol. The molecule has 8 rings (SSSR count). The zero-order valence-electron chi connectivity index (χ0n) is 29.7. The van der Waals surface area contributed by atoms with Crippen molar-refractivity contribution in [1.82, 2.24) is 0 Å². The molecule has 0 spiro atoms. The maximum atomic E-state index is 2.40. The SMILES string of the molecule is Cc1ccc(N(c2ccc(C)cc2)c2ccc3c(c2)C(C)(C)c2cc(/C=C/c4ccc(N(c5ccccc5)c5ccccc5)cc4)ccc2-3)cc1. The molecule has 0 saturated heterocycles. The molecule has 0 amide bonds. The number of rotatable bonds is 8. The first-order valence-electron chi connectivity index (χ1n) is 17.8. The molecular formula is C49H42N2. The van der Waals surface area contributed by atoms with Gasteiger partial charge >= 0.3 is 0 Å². The molecule has 0 heterocycles. The highest BCUT2D eigenvalue weighted by molar-refractivity contribution is 5.87. The molecule has 0 unspecified atom stereocenters. The Morgan fingerprint density at radius 2 is 0.745 bits per heavy atom. The lowest BCUT2D eigenvalue weighted by Crippen LogP contribution is -2.16. The van der Waals surface area contributed by atoms with E-state index in [0.717, 1.165) is 28.4 Å². The first-order chi connectivity index (χ1) is 24.8. The average Bonchev–Trinajstić information content (AvgIpc) is 3.39. The van der Waals surface area contributed by atoms with Gasteiger partial charge in [-0.15, -0.1) is 0 Å². The van der Waals surface area contributed by atoms with Crippen LogP contribution in [0.3, 0.4) is 0 Å². The Bertz CT molecular complexity index is 2230. The Morgan fingerprint density at radius 3 is 1.27 bits per heavy atom. The van der Waals surface area contributed by atoms with Crippen LogP contribution in [0.2, 0.25) is 0 Å². The summed E-state index contributed by atoms with van der Waals surface area (Å²) in [5.74, 6) is 0. The minimum Gasteiger partial charge on any atom is -0.311 e. The number of benzene rings is 7. The molecular weight excluding hydrogens is 617 g/mol. The zero-order chi connectivity index (χ0) is 35.0. The van der Waals surface area contributed by atoms with Crippen LogP contribution in [0.1, 0.15) is 47.2 Å². The number of para-hydroxylation sites is 2. The molecule has 0 aromatic heterocycles. The highest BCUT2D eigenvalue weighted by Gasteiger charge is 2.36. The van der Waals surface area contributed by atoms with Crippen LogP contribution in [-0.2, 0) is 5.41 Å². The summed E-state index contributed by atoms with van der Waals surface area (Å²) in [5.41, 5.74) is 17.0.